The molecule has 1 aromatic carbocycles. The second-order valence-electron chi connectivity index (χ2n) is 4.71. The van der Waals surface area contributed by atoms with Crippen molar-refractivity contribution in [3.8, 4) is 5.69 Å². The molecule has 0 fully saturated rings. The summed E-state index contributed by atoms with van der Waals surface area (Å²) in [4.78, 5) is 16.3. The van der Waals surface area contributed by atoms with Gasteiger partial charge in [-0.3, -0.25) is 9.36 Å². The summed E-state index contributed by atoms with van der Waals surface area (Å²) in [6, 6.07) is 6.19. The maximum absolute atomic E-state index is 13.3. The first-order valence-corrected chi connectivity index (χ1v) is 6.70. The molecular weight excluding hydrogens is 336 g/mol. The molecule has 0 atom stereocenters. The molecule has 23 heavy (non-hydrogen) atoms. The van der Waals surface area contributed by atoms with Gasteiger partial charge in [0.2, 0.25) is 0 Å². The zero-order chi connectivity index (χ0) is 16.8. The minimum absolute atomic E-state index is 0.0284. The summed E-state index contributed by atoms with van der Waals surface area (Å²) in [7, 11) is 0. The fourth-order valence-corrected chi connectivity index (χ4v) is 2.52. The summed E-state index contributed by atoms with van der Waals surface area (Å²) in [5, 5.41) is -0.302. The zero-order valence-electron chi connectivity index (χ0n) is 11.2. The van der Waals surface area contributed by atoms with Gasteiger partial charge in [0.25, 0.3) is 5.56 Å². The lowest BCUT2D eigenvalue weighted by atomic mass is 10.1. The van der Waals surface area contributed by atoms with Crippen LogP contribution < -0.4 is 5.56 Å². The molecule has 8 heteroatoms. The van der Waals surface area contributed by atoms with Gasteiger partial charge >= 0.3 is 6.18 Å². The van der Waals surface area contributed by atoms with E-state index in [1.54, 1.807) is 0 Å². The van der Waals surface area contributed by atoms with E-state index in [9.17, 15) is 22.4 Å². The van der Waals surface area contributed by atoms with Crippen molar-refractivity contribution in [1.82, 2.24) is 9.55 Å². The van der Waals surface area contributed by atoms with Crippen LogP contribution in [0.1, 0.15) is 5.69 Å². The Bertz CT molecular complexity index is 949. The topological polar surface area (TPSA) is 34.9 Å². The molecule has 0 saturated heterocycles. The van der Waals surface area contributed by atoms with Gasteiger partial charge in [-0.05, 0) is 41.8 Å². The second kappa shape index (κ2) is 5.34. The Morgan fingerprint density at radius 2 is 1.74 bits per heavy atom. The first kappa shape index (κ1) is 15.5. The number of alkyl halides is 3. The molecule has 3 aromatic rings. The predicted octanol–water partition coefficient (Wildman–Crippen LogP) is 4.20. The number of pyridine rings is 2. The van der Waals surface area contributed by atoms with E-state index in [2.05, 4.69) is 4.98 Å². The predicted molar refractivity (Wildman–Crippen MR) is 77.3 cm³/mol. The molecular formula is C15H7ClF4N2O. The number of fused-ring (bicyclic) bond motifs is 1. The van der Waals surface area contributed by atoms with Crippen LogP contribution in [0.5, 0.6) is 0 Å². The fourth-order valence-electron chi connectivity index (χ4n) is 2.27. The molecule has 0 radical (unpaired) electrons. The number of rotatable bonds is 1. The monoisotopic (exact) mass is 342 g/mol. The molecule has 2 heterocycles. The lowest BCUT2D eigenvalue weighted by Crippen LogP contribution is -2.27. The van der Waals surface area contributed by atoms with Gasteiger partial charge in [0.05, 0.1) is 5.39 Å². The van der Waals surface area contributed by atoms with E-state index in [0.717, 1.165) is 30.3 Å². The van der Waals surface area contributed by atoms with Gasteiger partial charge in [0.1, 0.15) is 16.7 Å². The Balaban J connectivity index is 2.47. The van der Waals surface area contributed by atoms with Crippen LogP contribution in [0.15, 0.2) is 47.4 Å². The lowest BCUT2D eigenvalue weighted by Gasteiger charge is -2.17. The number of nitrogens with zero attached hydrogens (tertiary/aromatic N) is 2. The van der Waals surface area contributed by atoms with Gasteiger partial charge < -0.3 is 0 Å². The van der Waals surface area contributed by atoms with Crippen LogP contribution in [0, 0.1) is 5.82 Å². The second-order valence-corrected chi connectivity index (χ2v) is 5.07. The van der Waals surface area contributed by atoms with Crippen molar-refractivity contribution >= 4 is 22.4 Å². The Kier molecular flexibility index (Phi) is 3.60. The van der Waals surface area contributed by atoms with Crippen molar-refractivity contribution in [2.45, 2.75) is 6.18 Å². The van der Waals surface area contributed by atoms with Crippen molar-refractivity contribution in [1.29, 1.82) is 0 Å². The fraction of sp³-hybridized carbons (Fsp3) is 0.0667. The van der Waals surface area contributed by atoms with Gasteiger partial charge in [-0.2, -0.15) is 13.2 Å². The highest BCUT2D eigenvalue weighted by Crippen LogP contribution is 2.32. The minimum atomic E-state index is -4.78. The third-order valence-electron chi connectivity index (χ3n) is 3.26. The number of hydrogen-bond donors (Lipinski definition) is 0. The number of aromatic nitrogens is 2. The molecule has 0 unspecified atom stereocenters. The Labute approximate surface area is 131 Å². The highest BCUT2D eigenvalue weighted by molar-refractivity contribution is 6.34. The normalized spacial score (nSPS) is 11.9. The van der Waals surface area contributed by atoms with Gasteiger partial charge in [-0.15, -0.1) is 0 Å². The molecule has 0 bridgehead atoms. The van der Waals surface area contributed by atoms with Crippen molar-refractivity contribution in [2.75, 3.05) is 0 Å². The van der Waals surface area contributed by atoms with Crippen LogP contribution in [-0.2, 0) is 6.18 Å². The third-order valence-corrected chi connectivity index (χ3v) is 3.55. The average Bonchev–Trinajstić information content (AvgIpc) is 2.47. The smallest absolute Gasteiger partial charge is 0.272 e. The van der Waals surface area contributed by atoms with Gasteiger partial charge in [0, 0.05) is 11.9 Å². The molecule has 0 saturated carbocycles. The Hall–Kier alpha value is -2.41. The van der Waals surface area contributed by atoms with E-state index in [1.807, 2.05) is 0 Å². The van der Waals surface area contributed by atoms with E-state index in [4.69, 9.17) is 11.6 Å². The standard InChI is InChI=1S/C15H7ClF4N2O/c16-13-12-8(5-6-21-13)7-11(15(18,19)20)22(14(12)23)10-3-1-9(17)2-4-10/h1-7H. The minimum Gasteiger partial charge on any atom is -0.272 e. The van der Waals surface area contributed by atoms with E-state index >= 15 is 0 Å². The maximum atomic E-state index is 13.3. The summed E-state index contributed by atoms with van der Waals surface area (Å²) >= 11 is 5.85. The quantitative estimate of drug-likeness (QED) is 0.491. The largest absolute Gasteiger partial charge is 0.431 e. The molecule has 3 nitrogen and oxygen atoms in total. The van der Waals surface area contributed by atoms with Crippen LogP contribution in [0.2, 0.25) is 5.15 Å². The third kappa shape index (κ3) is 2.68. The zero-order valence-corrected chi connectivity index (χ0v) is 12.0. The van der Waals surface area contributed by atoms with Crippen LogP contribution >= 0.6 is 11.6 Å². The number of benzene rings is 1. The summed E-state index contributed by atoms with van der Waals surface area (Å²) in [5.74, 6) is -0.629. The molecule has 0 amide bonds. The maximum Gasteiger partial charge on any atom is 0.431 e. The number of hydrogen-bond acceptors (Lipinski definition) is 2. The van der Waals surface area contributed by atoms with Crippen molar-refractivity contribution in [3.05, 3.63) is 69.6 Å². The molecule has 2 aromatic heterocycles. The van der Waals surface area contributed by atoms with Crippen molar-refractivity contribution in [2.24, 2.45) is 0 Å². The van der Waals surface area contributed by atoms with Crippen LogP contribution in [0.3, 0.4) is 0 Å². The summed E-state index contributed by atoms with van der Waals surface area (Å²) < 4.78 is 53.5. The van der Waals surface area contributed by atoms with Gasteiger partial charge in [-0.25, -0.2) is 9.37 Å². The highest BCUT2D eigenvalue weighted by atomic mass is 35.5. The highest BCUT2D eigenvalue weighted by Gasteiger charge is 2.36. The van der Waals surface area contributed by atoms with E-state index in [1.165, 1.54) is 12.3 Å². The average molecular weight is 343 g/mol. The van der Waals surface area contributed by atoms with Gasteiger partial charge in [-0.1, -0.05) is 11.6 Å². The van der Waals surface area contributed by atoms with Gasteiger partial charge in [0.15, 0.2) is 0 Å². The lowest BCUT2D eigenvalue weighted by molar-refractivity contribution is -0.142. The molecule has 3 rings (SSSR count). The van der Waals surface area contributed by atoms with Crippen LogP contribution in [0.4, 0.5) is 17.6 Å². The molecule has 0 aliphatic heterocycles. The summed E-state index contributed by atoms with van der Waals surface area (Å²) in [6.07, 6.45) is -3.57. The van der Waals surface area contributed by atoms with Crippen LogP contribution in [-0.4, -0.2) is 9.55 Å². The molecule has 118 valence electrons. The number of halogens is 5. The van der Waals surface area contributed by atoms with Crippen molar-refractivity contribution in [3.63, 3.8) is 0 Å². The molecule has 0 N–H and O–H groups in total. The van der Waals surface area contributed by atoms with E-state index in [-0.39, 0.29) is 21.6 Å². The summed E-state index contributed by atoms with van der Waals surface area (Å²) in [6.45, 7) is 0. The van der Waals surface area contributed by atoms with Crippen molar-refractivity contribution < 1.29 is 17.6 Å². The SMILES string of the molecule is O=c1c2c(Cl)nccc2cc(C(F)(F)F)n1-c1ccc(F)cc1. The molecule has 0 aliphatic carbocycles. The van der Waals surface area contributed by atoms with E-state index < -0.39 is 23.2 Å². The first-order valence-electron chi connectivity index (χ1n) is 6.32. The van der Waals surface area contributed by atoms with Crippen LogP contribution in [0.25, 0.3) is 16.5 Å². The van der Waals surface area contributed by atoms with E-state index in [0.29, 0.717) is 4.57 Å². The molecule has 0 spiro atoms. The first-order chi connectivity index (χ1) is 10.8. The Morgan fingerprint density at radius 1 is 1.09 bits per heavy atom. The molecule has 0 aliphatic rings. The summed E-state index contributed by atoms with van der Waals surface area (Å²) in [5.41, 5.74) is -2.27. The Morgan fingerprint density at radius 3 is 2.35 bits per heavy atom.